The molecule has 0 fully saturated rings. The van der Waals surface area contributed by atoms with Crippen molar-refractivity contribution >= 4 is 52.7 Å². The fourth-order valence-electron chi connectivity index (χ4n) is 5.34. The minimum Gasteiger partial charge on any atom is -0.478 e. The zero-order valence-corrected chi connectivity index (χ0v) is 26.3. The number of fused-ring (bicyclic) bond motifs is 1. The van der Waals surface area contributed by atoms with Gasteiger partial charge in [0.05, 0.1) is 22.8 Å². The lowest BCUT2D eigenvalue weighted by molar-refractivity contribution is -0.135. The molecule has 4 aromatic rings. The maximum Gasteiger partial charge on any atom is 0.335 e. The molecule has 0 unspecified atom stereocenters. The minimum absolute atomic E-state index is 0.0392. The molecule has 1 aliphatic rings. The van der Waals surface area contributed by atoms with Crippen molar-refractivity contribution in [3.05, 3.63) is 100 Å². The summed E-state index contributed by atoms with van der Waals surface area (Å²) in [6, 6.07) is 12.5. The highest BCUT2D eigenvalue weighted by Gasteiger charge is 2.37. The Kier molecular flexibility index (Phi) is 9.72. The Labute approximate surface area is 273 Å². The summed E-state index contributed by atoms with van der Waals surface area (Å²) in [6.07, 6.45) is 3.99. The van der Waals surface area contributed by atoms with Gasteiger partial charge in [-0.25, -0.2) is 9.18 Å². The number of aromatic carboxylic acids is 1. The molecule has 0 saturated heterocycles. The number of amides is 3. The quantitative estimate of drug-likeness (QED) is 0.257. The first-order valence-electron chi connectivity index (χ1n) is 14.3. The lowest BCUT2D eigenvalue weighted by atomic mass is 9.89. The molecule has 0 spiro atoms. The number of hydrogen-bond acceptors (Lipinski definition) is 8. The molecule has 242 valence electrons. The third-order valence-electron chi connectivity index (χ3n) is 7.61. The van der Waals surface area contributed by atoms with Crippen LogP contribution in [0, 0.1) is 5.82 Å². The van der Waals surface area contributed by atoms with E-state index in [9.17, 15) is 24.3 Å². The largest absolute Gasteiger partial charge is 0.478 e. The molecule has 0 aliphatic carbocycles. The Balaban J connectivity index is 1.53. The Bertz CT molecular complexity index is 1860. The first-order valence-corrected chi connectivity index (χ1v) is 14.7. The van der Waals surface area contributed by atoms with Gasteiger partial charge in [0.15, 0.2) is 5.82 Å². The van der Waals surface area contributed by atoms with Gasteiger partial charge in [0.1, 0.15) is 12.4 Å². The molecule has 15 heteroatoms. The maximum atomic E-state index is 15.2. The van der Waals surface area contributed by atoms with Gasteiger partial charge in [-0.05, 0) is 90.6 Å². The molecular weight excluding hydrogens is 631 g/mol. The normalized spacial score (nSPS) is 14.3. The molecule has 13 nitrogen and oxygen atoms in total. The molecule has 0 bridgehead atoms. The van der Waals surface area contributed by atoms with Crippen LogP contribution in [0.25, 0.3) is 11.8 Å². The first-order chi connectivity index (χ1) is 22.5. The molecule has 0 radical (unpaired) electrons. The number of carboxylic acids is 1. The number of aromatic nitrogens is 4. The molecule has 3 amide bonds. The van der Waals surface area contributed by atoms with Crippen molar-refractivity contribution < 1.29 is 28.7 Å². The number of anilines is 2. The van der Waals surface area contributed by atoms with Crippen LogP contribution in [-0.4, -0.2) is 93.0 Å². The third-order valence-corrected chi connectivity index (χ3v) is 7.90. The van der Waals surface area contributed by atoms with Gasteiger partial charge >= 0.3 is 5.97 Å². The van der Waals surface area contributed by atoms with Crippen LogP contribution in [0.1, 0.15) is 33.1 Å². The predicted octanol–water partition coefficient (Wildman–Crippen LogP) is 3.46. The topological polar surface area (TPSA) is 154 Å². The van der Waals surface area contributed by atoms with Crippen molar-refractivity contribution in [1.29, 1.82) is 0 Å². The number of carboxylic acid groups (broad SMARTS) is 1. The highest BCUT2D eigenvalue weighted by atomic mass is 35.5. The van der Waals surface area contributed by atoms with E-state index in [4.69, 9.17) is 11.6 Å². The summed E-state index contributed by atoms with van der Waals surface area (Å²) < 4.78 is 16.4. The summed E-state index contributed by atoms with van der Waals surface area (Å²) in [5, 5.41) is 22.8. The van der Waals surface area contributed by atoms with Crippen LogP contribution in [0.5, 0.6) is 0 Å². The number of carbonyl (C=O) groups excluding carboxylic acids is 3. The zero-order chi connectivity index (χ0) is 33.8. The number of nitrogens with zero attached hydrogens (tertiary/aromatic N) is 7. The van der Waals surface area contributed by atoms with Gasteiger partial charge in [-0.3, -0.25) is 14.4 Å². The van der Waals surface area contributed by atoms with Gasteiger partial charge in [-0.15, -0.1) is 5.10 Å². The second-order valence-corrected chi connectivity index (χ2v) is 11.4. The summed E-state index contributed by atoms with van der Waals surface area (Å²) in [7, 11) is 5.23. The smallest absolute Gasteiger partial charge is 0.335 e. The number of tetrazole rings is 1. The summed E-state index contributed by atoms with van der Waals surface area (Å²) in [4.78, 5) is 56.7. The van der Waals surface area contributed by atoms with Gasteiger partial charge in [0, 0.05) is 36.6 Å². The van der Waals surface area contributed by atoms with Gasteiger partial charge in [-0.2, -0.15) is 4.68 Å². The number of halogens is 2. The third kappa shape index (κ3) is 7.03. The van der Waals surface area contributed by atoms with E-state index in [0.29, 0.717) is 23.4 Å². The number of likely N-dealkylation sites (N-methyl/N-ethyl adjacent to an activating group) is 2. The Hall–Kier alpha value is -5.47. The number of hydrogen-bond donors (Lipinski definition) is 2. The van der Waals surface area contributed by atoms with Crippen molar-refractivity contribution in [1.82, 2.24) is 30.0 Å². The summed E-state index contributed by atoms with van der Waals surface area (Å²) in [5.74, 6) is -3.24. The Morgan fingerprint density at radius 2 is 1.83 bits per heavy atom. The molecule has 47 heavy (non-hydrogen) atoms. The van der Waals surface area contributed by atoms with E-state index < -0.39 is 29.6 Å². The van der Waals surface area contributed by atoms with E-state index in [1.807, 2.05) is 0 Å². The monoisotopic (exact) mass is 660 g/mol. The number of nitrogens with one attached hydrogen (secondary N) is 1. The summed E-state index contributed by atoms with van der Waals surface area (Å²) in [6.45, 7) is 0.259. The van der Waals surface area contributed by atoms with E-state index in [-0.39, 0.29) is 40.8 Å². The molecule has 2 heterocycles. The van der Waals surface area contributed by atoms with E-state index in [1.54, 1.807) is 44.2 Å². The van der Waals surface area contributed by atoms with Crippen molar-refractivity contribution in [3.8, 4) is 5.69 Å². The second kappa shape index (κ2) is 13.9. The van der Waals surface area contributed by atoms with E-state index >= 15 is 4.39 Å². The maximum absolute atomic E-state index is 15.2. The van der Waals surface area contributed by atoms with E-state index in [0.717, 1.165) is 11.6 Å². The molecular formula is C32H30ClFN8O5. The summed E-state index contributed by atoms with van der Waals surface area (Å²) >= 11 is 6.05. The molecule has 1 atom stereocenters. The lowest BCUT2D eigenvalue weighted by Gasteiger charge is -2.37. The van der Waals surface area contributed by atoms with Crippen molar-refractivity contribution in [3.63, 3.8) is 0 Å². The summed E-state index contributed by atoms with van der Waals surface area (Å²) in [5.41, 5.74) is 2.38. The zero-order valence-electron chi connectivity index (χ0n) is 25.6. The SMILES string of the molecule is CN(C)CC(=O)N(C)c1cccc2c1CCN(C(=O)/C=C/c1c(-n3cnnn3)ccc(Cl)c1F)[C@H]2C(=O)Nc1ccc(C(=O)O)cc1. The van der Waals surface area contributed by atoms with E-state index in [2.05, 4.69) is 20.8 Å². The van der Waals surface area contributed by atoms with Crippen LogP contribution in [-0.2, 0) is 20.8 Å². The average Bonchev–Trinajstić information content (AvgIpc) is 3.59. The van der Waals surface area contributed by atoms with Crippen molar-refractivity contribution in [2.75, 3.05) is 44.4 Å². The van der Waals surface area contributed by atoms with Crippen LogP contribution in [0.4, 0.5) is 15.8 Å². The van der Waals surface area contributed by atoms with Crippen LogP contribution in [0.3, 0.4) is 0 Å². The first kappa shape index (κ1) is 32.9. The van der Waals surface area contributed by atoms with Crippen LogP contribution >= 0.6 is 11.6 Å². The highest BCUT2D eigenvalue weighted by Crippen LogP contribution is 2.37. The Morgan fingerprint density at radius 3 is 2.49 bits per heavy atom. The lowest BCUT2D eigenvalue weighted by Crippen LogP contribution is -2.45. The molecule has 1 aliphatic heterocycles. The molecule has 5 rings (SSSR count). The van der Waals surface area contributed by atoms with Gasteiger partial charge < -0.3 is 25.1 Å². The average molecular weight is 661 g/mol. The van der Waals surface area contributed by atoms with E-state index in [1.165, 1.54) is 63.3 Å². The van der Waals surface area contributed by atoms with Gasteiger partial charge in [0.25, 0.3) is 5.91 Å². The number of benzene rings is 3. The predicted molar refractivity (Wildman–Crippen MR) is 172 cm³/mol. The van der Waals surface area contributed by atoms with Crippen LogP contribution in [0.2, 0.25) is 5.02 Å². The molecule has 3 aromatic carbocycles. The van der Waals surface area contributed by atoms with Crippen LogP contribution < -0.4 is 10.2 Å². The highest BCUT2D eigenvalue weighted by molar-refractivity contribution is 6.31. The number of carbonyl (C=O) groups is 4. The van der Waals surface area contributed by atoms with Crippen molar-refractivity contribution in [2.24, 2.45) is 0 Å². The standard InChI is InChI=1S/C32H30ClFN8O5/c1-39(2)17-28(44)40(3)25-6-4-5-22-21(25)15-16-41(30(22)31(45)36-20-9-7-19(8-10-20)32(46)47)27(43)14-11-23-26(42-18-35-37-38-42)13-12-24(33)29(23)34/h4-14,18,30H,15-17H2,1-3H3,(H,36,45)(H,46,47)/b14-11+/t30-/m1/s1. The molecule has 0 saturated carbocycles. The van der Waals surface area contributed by atoms with Gasteiger partial charge in [0.2, 0.25) is 11.8 Å². The van der Waals surface area contributed by atoms with Crippen LogP contribution in [0.15, 0.2) is 67.0 Å². The fraction of sp³-hybridized carbons (Fsp3) is 0.219. The fourth-order valence-corrected chi connectivity index (χ4v) is 5.50. The minimum atomic E-state index is -1.16. The molecule has 2 N–H and O–H groups in total. The second-order valence-electron chi connectivity index (χ2n) is 11.0. The Morgan fingerprint density at radius 1 is 1.09 bits per heavy atom. The number of rotatable bonds is 9. The molecule has 1 aromatic heterocycles. The van der Waals surface area contributed by atoms with Crippen molar-refractivity contribution in [2.45, 2.75) is 12.5 Å². The van der Waals surface area contributed by atoms with Gasteiger partial charge in [-0.1, -0.05) is 23.7 Å².